The first-order valence-electron chi connectivity index (χ1n) is 8.68. The highest BCUT2D eigenvalue weighted by atomic mass is 32.2. The van der Waals surface area contributed by atoms with E-state index in [9.17, 15) is 4.79 Å². The second kappa shape index (κ2) is 8.07. The Balaban J connectivity index is 1.48. The lowest BCUT2D eigenvalue weighted by molar-refractivity contribution is 0.102. The minimum absolute atomic E-state index is 0.0511. The maximum Gasteiger partial charge on any atom is 0.210 e. The number of aryl methyl sites for hydroxylation is 1. The van der Waals surface area contributed by atoms with E-state index in [1.807, 2.05) is 60.2 Å². The van der Waals surface area contributed by atoms with Crippen LogP contribution >= 0.6 is 23.1 Å². The van der Waals surface area contributed by atoms with Crippen molar-refractivity contribution in [2.45, 2.75) is 25.5 Å². The number of carbonyl (C=O) groups is 1. The van der Waals surface area contributed by atoms with Gasteiger partial charge in [-0.3, -0.25) is 9.36 Å². The van der Waals surface area contributed by atoms with Gasteiger partial charge in [0.2, 0.25) is 5.16 Å². The van der Waals surface area contributed by atoms with E-state index in [0.717, 1.165) is 22.1 Å². The molecule has 1 aromatic carbocycles. The molecule has 7 nitrogen and oxygen atoms in total. The highest BCUT2D eigenvalue weighted by molar-refractivity contribution is 7.99. The number of rotatable bonds is 7. The van der Waals surface area contributed by atoms with Gasteiger partial charge in [0.05, 0.1) is 12.3 Å². The molecule has 3 aromatic heterocycles. The van der Waals surface area contributed by atoms with Crippen molar-refractivity contribution in [3.05, 3.63) is 70.5 Å². The van der Waals surface area contributed by atoms with Crippen molar-refractivity contribution in [1.82, 2.24) is 29.8 Å². The number of hydrogen-bond acceptors (Lipinski definition) is 7. The molecule has 0 atom stereocenters. The number of Topliss-reactive ketones (excluding diaryl/α,β-unsaturated/α-hetero) is 1. The first-order valence-corrected chi connectivity index (χ1v) is 10.5. The molecule has 0 saturated heterocycles. The summed E-state index contributed by atoms with van der Waals surface area (Å²) in [6.45, 7) is 4.51. The van der Waals surface area contributed by atoms with Crippen LogP contribution in [0.1, 0.15) is 27.3 Å². The fraction of sp³-hybridized carbons (Fsp3) is 0.211. The summed E-state index contributed by atoms with van der Waals surface area (Å²) in [6, 6.07) is 11.9. The van der Waals surface area contributed by atoms with Crippen LogP contribution in [-0.4, -0.2) is 41.3 Å². The molecule has 0 N–H and O–H groups in total. The molecule has 0 unspecified atom stereocenters. The molecule has 3 heterocycles. The predicted molar refractivity (Wildman–Crippen MR) is 109 cm³/mol. The average Bonchev–Trinajstić information content (AvgIpc) is 3.42. The zero-order valence-corrected chi connectivity index (χ0v) is 17.1. The third-order valence-electron chi connectivity index (χ3n) is 4.35. The molecule has 0 aliphatic heterocycles. The van der Waals surface area contributed by atoms with E-state index in [-0.39, 0.29) is 11.5 Å². The van der Waals surface area contributed by atoms with Crippen LogP contribution in [-0.2, 0) is 6.54 Å². The summed E-state index contributed by atoms with van der Waals surface area (Å²) < 4.78 is 3.73. The van der Waals surface area contributed by atoms with Crippen LogP contribution in [0.3, 0.4) is 0 Å². The van der Waals surface area contributed by atoms with Gasteiger partial charge >= 0.3 is 0 Å². The molecular weight excluding hydrogens is 392 g/mol. The van der Waals surface area contributed by atoms with Crippen molar-refractivity contribution < 1.29 is 4.79 Å². The summed E-state index contributed by atoms with van der Waals surface area (Å²) in [5.41, 5.74) is 3.72. The SMILES string of the molecule is Cc1cc(C(=O)CSc2nnnn2Cc2ccccc2)c(C)n1-c1nccs1. The molecular formula is C19H18N6OS2. The van der Waals surface area contributed by atoms with Crippen molar-refractivity contribution in [3.63, 3.8) is 0 Å². The fourth-order valence-electron chi connectivity index (χ4n) is 3.03. The predicted octanol–water partition coefficient (Wildman–Crippen LogP) is 3.56. The Morgan fingerprint density at radius 3 is 2.79 bits per heavy atom. The molecule has 9 heteroatoms. The van der Waals surface area contributed by atoms with Crippen LogP contribution in [0.5, 0.6) is 0 Å². The number of thiazole rings is 1. The van der Waals surface area contributed by atoms with Gasteiger partial charge in [0.25, 0.3) is 0 Å². The second-order valence-corrected chi connectivity index (χ2v) is 8.07. The Bertz CT molecular complexity index is 1090. The first-order chi connectivity index (χ1) is 13.6. The number of tetrazole rings is 1. The third-order valence-corrected chi connectivity index (χ3v) is 6.06. The van der Waals surface area contributed by atoms with Gasteiger partial charge in [0, 0.05) is 28.5 Å². The van der Waals surface area contributed by atoms with Crippen LogP contribution in [0.25, 0.3) is 5.13 Å². The molecule has 0 aliphatic rings. The van der Waals surface area contributed by atoms with E-state index in [1.165, 1.54) is 11.8 Å². The minimum Gasteiger partial charge on any atom is -0.294 e. The molecule has 4 rings (SSSR count). The van der Waals surface area contributed by atoms with Crippen molar-refractivity contribution in [1.29, 1.82) is 0 Å². The van der Waals surface area contributed by atoms with Gasteiger partial charge in [-0.2, -0.15) is 0 Å². The van der Waals surface area contributed by atoms with Gasteiger partial charge < -0.3 is 0 Å². The third kappa shape index (κ3) is 3.76. The molecule has 28 heavy (non-hydrogen) atoms. The minimum atomic E-state index is 0.0511. The lowest BCUT2D eigenvalue weighted by Crippen LogP contribution is -2.08. The van der Waals surface area contributed by atoms with Gasteiger partial charge in [0.1, 0.15) is 0 Å². The van der Waals surface area contributed by atoms with E-state index in [2.05, 4.69) is 20.5 Å². The molecule has 142 valence electrons. The largest absolute Gasteiger partial charge is 0.294 e. The maximum atomic E-state index is 12.8. The van der Waals surface area contributed by atoms with Gasteiger partial charge in [0.15, 0.2) is 10.9 Å². The molecule has 0 aliphatic carbocycles. The van der Waals surface area contributed by atoms with Crippen molar-refractivity contribution in [2.75, 3.05) is 5.75 Å². The molecule has 0 spiro atoms. The smallest absolute Gasteiger partial charge is 0.210 e. The van der Waals surface area contributed by atoms with Gasteiger partial charge in [-0.1, -0.05) is 42.1 Å². The first kappa shape index (κ1) is 18.6. The molecule has 0 fully saturated rings. The monoisotopic (exact) mass is 410 g/mol. The van der Waals surface area contributed by atoms with E-state index < -0.39 is 0 Å². The number of nitrogens with zero attached hydrogens (tertiary/aromatic N) is 6. The lowest BCUT2D eigenvalue weighted by Gasteiger charge is -2.06. The Hall–Kier alpha value is -2.78. The standard InChI is InChI=1S/C19H18N6OS2/c1-13-10-16(14(2)25(13)18-20-8-9-27-18)17(26)12-28-19-21-22-23-24(19)11-15-6-4-3-5-7-15/h3-10H,11-12H2,1-2H3. The van der Waals surface area contributed by atoms with E-state index in [1.54, 1.807) is 22.2 Å². The highest BCUT2D eigenvalue weighted by Crippen LogP contribution is 2.24. The maximum absolute atomic E-state index is 12.8. The van der Waals surface area contributed by atoms with Crippen molar-refractivity contribution in [2.24, 2.45) is 0 Å². The quantitative estimate of drug-likeness (QED) is 0.342. The summed E-state index contributed by atoms with van der Waals surface area (Å²) in [6.07, 6.45) is 1.77. The van der Waals surface area contributed by atoms with Crippen LogP contribution in [0, 0.1) is 13.8 Å². The summed E-state index contributed by atoms with van der Waals surface area (Å²) in [5, 5.41) is 15.3. The molecule has 4 aromatic rings. The van der Waals surface area contributed by atoms with Crippen LogP contribution in [0.15, 0.2) is 53.1 Å². The van der Waals surface area contributed by atoms with Crippen molar-refractivity contribution in [3.8, 4) is 5.13 Å². The molecule has 0 bridgehead atoms. The zero-order valence-electron chi connectivity index (χ0n) is 15.4. The van der Waals surface area contributed by atoms with Crippen LogP contribution < -0.4 is 0 Å². The van der Waals surface area contributed by atoms with E-state index >= 15 is 0 Å². The summed E-state index contributed by atoms with van der Waals surface area (Å²) in [5.74, 6) is 0.326. The number of carbonyl (C=O) groups excluding carboxylic acids is 1. The zero-order chi connectivity index (χ0) is 19.5. The second-order valence-electron chi connectivity index (χ2n) is 6.25. The Kier molecular flexibility index (Phi) is 5.36. The fourth-order valence-corrected chi connectivity index (χ4v) is 4.54. The number of benzene rings is 1. The number of ketones is 1. The van der Waals surface area contributed by atoms with Gasteiger partial charge in [-0.15, -0.1) is 16.4 Å². The Morgan fingerprint density at radius 1 is 1.21 bits per heavy atom. The number of aromatic nitrogens is 6. The Labute approximate surface area is 170 Å². The summed E-state index contributed by atoms with van der Waals surface area (Å²) in [7, 11) is 0. The topological polar surface area (TPSA) is 78.5 Å². The molecule has 0 saturated carbocycles. The van der Waals surface area contributed by atoms with E-state index in [4.69, 9.17) is 0 Å². The average molecular weight is 411 g/mol. The summed E-state index contributed by atoms with van der Waals surface area (Å²) >= 11 is 2.90. The number of hydrogen-bond donors (Lipinski definition) is 0. The van der Waals surface area contributed by atoms with Crippen molar-refractivity contribution >= 4 is 28.9 Å². The highest BCUT2D eigenvalue weighted by Gasteiger charge is 2.19. The lowest BCUT2D eigenvalue weighted by atomic mass is 10.2. The Morgan fingerprint density at radius 2 is 2.04 bits per heavy atom. The van der Waals surface area contributed by atoms with Crippen LogP contribution in [0.2, 0.25) is 0 Å². The van der Waals surface area contributed by atoms with Gasteiger partial charge in [-0.25, -0.2) is 9.67 Å². The number of thioether (sulfide) groups is 1. The molecule has 0 amide bonds. The summed E-state index contributed by atoms with van der Waals surface area (Å²) in [4.78, 5) is 17.2. The van der Waals surface area contributed by atoms with Crippen LogP contribution in [0.4, 0.5) is 0 Å². The van der Waals surface area contributed by atoms with Gasteiger partial charge in [-0.05, 0) is 35.9 Å². The molecule has 0 radical (unpaired) electrons. The van der Waals surface area contributed by atoms with E-state index in [0.29, 0.717) is 17.3 Å². The normalized spacial score (nSPS) is 11.1.